The molecule has 7 heteroatoms. The van der Waals surface area contributed by atoms with E-state index in [1.807, 2.05) is 0 Å². The molecule has 0 aromatic rings. The average molecular weight is 237 g/mol. The summed E-state index contributed by atoms with van der Waals surface area (Å²) in [4.78, 5) is 10.3. The van der Waals surface area contributed by atoms with E-state index >= 15 is 0 Å². The highest BCUT2D eigenvalue weighted by molar-refractivity contribution is 7.89. The highest BCUT2D eigenvalue weighted by atomic mass is 32.2. The summed E-state index contributed by atoms with van der Waals surface area (Å²) in [5.41, 5.74) is 0. The van der Waals surface area contributed by atoms with Crippen molar-refractivity contribution in [2.45, 2.75) is 19.4 Å². The standard InChI is InChI=1S/C8H15NO5S/c1-6-4-9(3-2-7(6)10)15(13,14)5-8(11)12/h6-7,10H,2-5H2,1H3,(H,11,12). The first-order chi connectivity index (χ1) is 6.83. The van der Waals surface area contributed by atoms with Crippen LogP contribution < -0.4 is 0 Å². The van der Waals surface area contributed by atoms with E-state index in [0.29, 0.717) is 6.42 Å². The lowest BCUT2D eigenvalue weighted by Gasteiger charge is -2.33. The summed E-state index contributed by atoms with van der Waals surface area (Å²) in [6.45, 7) is 2.13. The summed E-state index contributed by atoms with van der Waals surface area (Å²) in [5.74, 6) is -2.38. The van der Waals surface area contributed by atoms with Gasteiger partial charge in [-0.2, -0.15) is 0 Å². The van der Waals surface area contributed by atoms with Gasteiger partial charge in [0, 0.05) is 13.1 Å². The number of aliphatic hydroxyl groups is 1. The molecule has 6 nitrogen and oxygen atoms in total. The maximum atomic E-state index is 11.5. The van der Waals surface area contributed by atoms with Crippen molar-refractivity contribution < 1.29 is 23.4 Å². The van der Waals surface area contributed by atoms with Gasteiger partial charge in [-0.15, -0.1) is 0 Å². The molecule has 2 unspecified atom stereocenters. The van der Waals surface area contributed by atoms with E-state index < -0.39 is 27.8 Å². The first kappa shape index (κ1) is 12.4. The van der Waals surface area contributed by atoms with Crippen LogP contribution in [-0.2, 0) is 14.8 Å². The van der Waals surface area contributed by atoms with Gasteiger partial charge in [-0.1, -0.05) is 6.92 Å². The molecular weight excluding hydrogens is 222 g/mol. The SMILES string of the molecule is CC1CN(S(=O)(=O)CC(=O)O)CCC1O. The summed E-state index contributed by atoms with van der Waals surface area (Å²) in [6.07, 6.45) is -0.138. The number of hydrogen-bond acceptors (Lipinski definition) is 4. The molecule has 0 spiro atoms. The molecular formula is C8H15NO5S. The predicted molar refractivity (Wildman–Crippen MR) is 52.8 cm³/mol. The molecule has 0 radical (unpaired) electrons. The van der Waals surface area contributed by atoms with Gasteiger partial charge in [0.05, 0.1) is 6.10 Å². The van der Waals surface area contributed by atoms with Crippen LogP contribution in [0, 0.1) is 5.92 Å². The molecule has 0 aliphatic carbocycles. The van der Waals surface area contributed by atoms with Gasteiger partial charge in [-0.05, 0) is 12.3 Å². The van der Waals surface area contributed by atoms with E-state index in [0.717, 1.165) is 4.31 Å². The van der Waals surface area contributed by atoms with Gasteiger partial charge in [-0.25, -0.2) is 12.7 Å². The third-order valence-corrected chi connectivity index (χ3v) is 4.25. The number of carboxylic acid groups (broad SMARTS) is 1. The quantitative estimate of drug-likeness (QED) is 0.663. The van der Waals surface area contributed by atoms with Crippen molar-refractivity contribution in [1.29, 1.82) is 0 Å². The Morgan fingerprint density at radius 2 is 2.13 bits per heavy atom. The fourth-order valence-electron chi connectivity index (χ4n) is 1.59. The Labute approximate surface area is 88.6 Å². The second-order valence-corrected chi connectivity index (χ2v) is 5.81. The Balaban J connectivity index is 2.69. The summed E-state index contributed by atoms with van der Waals surface area (Å²) in [7, 11) is -3.72. The average Bonchev–Trinajstić information content (AvgIpc) is 2.07. The molecule has 1 aliphatic rings. The number of carbonyl (C=O) groups is 1. The van der Waals surface area contributed by atoms with Crippen LogP contribution in [0.1, 0.15) is 13.3 Å². The minimum Gasteiger partial charge on any atom is -0.480 e. The maximum Gasteiger partial charge on any atom is 0.320 e. The zero-order chi connectivity index (χ0) is 11.6. The number of aliphatic hydroxyl groups excluding tert-OH is 1. The monoisotopic (exact) mass is 237 g/mol. The molecule has 1 heterocycles. The number of hydrogen-bond donors (Lipinski definition) is 2. The third-order valence-electron chi connectivity index (χ3n) is 2.52. The summed E-state index contributed by atoms with van der Waals surface area (Å²) in [5, 5.41) is 17.8. The number of piperidine rings is 1. The van der Waals surface area contributed by atoms with Gasteiger partial charge in [0.2, 0.25) is 10.0 Å². The van der Waals surface area contributed by atoms with Crippen LogP contribution in [0.3, 0.4) is 0 Å². The second kappa shape index (κ2) is 4.46. The lowest BCUT2D eigenvalue weighted by molar-refractivity contribution is -0.134. The molecule has 88 valence electrons. The van der Waals surface area contributed by atoms with Crippen LogP contribution in [0.25, 0.3) is 0 Å². The lowest BCUT2D eigenvalue weighted by Crippen LogP contribution is -2.46. The predicted octanol–water partition coefficient (Wildman–Crippen LogP) is -0.896. The van der Waals surface area contributed by atoms with Crippen molar-refractivity contribution in [1.82, 2.24) is 4.31 Å². The zero-order valence-corrected chi connectivity index (χ0v) is 9.27. The van der Waals surface area contributed by atoms with Gasteiger partial charge in [0.15, 0.2) is 5.75 Å². The lowest BCUT2D eigenvalue weighted by atomic mass is 9.99. The van der Waals surface area contributed by atoms with Crippen molar-refractivity contribution >= 4 is 16.0 Å². The fourth-order valence-corrected chi connectivity index (χ4v) is 2.94. The Kier molecular flexibility index (Phi) is 3.69. The van der Waals surface area contributed by atoms with Crippen LogP contribution in [0.5, 0.6) is 0 Å². The van der Waals surface area contributed by atoms with Gasteiger partial charge in [-0.3, -0.25) is 4.79 Å². The highest BCUT2D eigenvalue weighted by Gasteiger charge is 2.32. The Morgan fingerprint density at radius 1 is 1.53 bits per heavy atom. The largest absolute Gasteiger partial charge is 0.480 e. The van der Waals surface area contributed by atoms with Gasteiger partial charge in [0.1, 0.15) is 0 Å². The molecule has 15 heavy (non-hydrogen) atoms. The van der Waals surface area contributed by atoms with Gasteiger partial charge < -0.3 is 10.2 Å². The molecule has 1 fully saturated rings. The van der Waals surface area contributed by atoms with Gasteiger partial charge >= 0.3 is 5.97 Å². The van der Waals surface area contributed by atoms with E-state index in [4.69, 9.17) is 5.11 Å². The van der Waals surface area contributed by atoms with E-state index in [-0.39, 0.29) is 19.0 Å². The first-order valence-corrected chi connectivity index (χ1v) is 6.31. The van der Waals surface area contributed by atoms with Crippen molar-refractivity contribution in [3.8, 4) is 0 Å². The van der Waals surface area contributed by atoms with Gasteiger partial charge in [0.25, 0.3) is 0 Å². The van der Waals surface area contributed by atoms with Crippen molar-refractivity contribution in [2.75, 3.05) is 18.8 Å². The molecule has 2 N–H and O–H groups in total. The fraction of sp³-hybridized carbons (Fsp3) is 0.875. The normalized spacial score (nSPS) is 28.9. The van der Waals surface area contributed by atoms with E-state index in [1.54, 1.807) is 6.92 Å². The molecule has 0 saturated carbocycles. The molecule has 1 saturated heterocycles. The van der Waals surface area contributed by atoms with Crippen LogP contribution in [0.4, 0.5) is 0 Å². The van der Waals surface area contributed by atoms with Crippen LogP contribution >= 0.6 is 0 Å². The first-order valence-electron chi connectivity index (χ1n) is 4.70. The molecule has 0 aromatic heterocycles. The number of nitrogens with zero attached hydrogens (tertiary/aromatic N) is 1. The number of aliphatic carboxylic acids is 1. The molecule has 1 rings (SSSR count). The minimum absolute atomic E-state index is 0.151. The number of sulfonamides is 1. The second-order valence-electron chi connectivity index (χ2n) is 3.84. The maximum absolute atomic E-state index is 11.5. The van der Waals surface area contributed by atoms with E-state index in [1.165, 1.54) is 0 Å². The Hall–Kier alpha value is -0.660. The molecule has 1 aliphatic heterocycles. The van der Waals surface area contributed by atoms with E-state index in [2.05, 4.69) is 0 Å². The summed E-state index contributed by atoms with van der Waals surface area (Å²) in [6, 6.07) is 0. The smallest absolute Gasteiger partial charge is 0.320 e. The van der Waals surface area contributed by atoms with Crippen molar-refractivity contribution in [2.24, 2.45) is 5.92 Å². The molecule has 0 amide bonds. The van der Waals surface area contributed by atoms with Crippen molar-refractivity contribution in [3.05, 3.63) is 0 Å². The Morgan fingerprint density at radius 3 is 2.60 bits per heavy atom. The number of rotatable bonds is 3. The molecule has 2 atom stereocenters. The molecule has 0 aromatic carbocycles. The van der Waals surface area contributed by atoms with Crippen molar-refractivity contribution in [3.63, 3.8) is 0 Å². The summed E-state index contributed by atoms with van der Waals surface area (Å²) >= 11 is 0. The van der Waals surface area contributed by atoms with Crippen LogP contribution in [0.15, 0.2) is 0 Å². The third kappa shape index (κ3) is 3.15. The van der Waals surface area contributed by atoms with Crippen LogP contribution in [-0.4, -0.2) is 53.9 Å². The topological polar surface area (TPSA) is 94.9 Å². The number of carboxylic acids is 1. The summed E-state index contributed by atoms with van der Waals surface area (Å²) < 4.78 is 24.2. The van der Waals surface area contributed by atoms with E-state index in [9.17, 15) is 18.3 Å². The minimum atomic E-state index is -3.72. The Bertz CT molecular complexity index is 339. The highest BCUT2D eigenvalue weighted by Crippen LogP contribution is 2.19. The van der Waals surface area contributed by atoms with Crippen LogP contribution in [0.2, 0.25) is 0 Å². The zero-order valence-electron chi connectivity index (χ0n) is 8.46. The molecule has 0 bridgehead atoms.